The molecule has 1 amide bonds. The van der Waals surface area contributed by atoms with Gasteiger partial charge in [-0.2, -0.15) is 23.4 Å². The maximum Gasteiger partial charge on any atom is 0.266 e. The first-order valence-corrected chi connectivity index (χ1v) is 11.7. The van der Waals surface area contributed by atoms with Gasteiger partial charge in [0.1, 0.15) is 5.82 Å². The van der Waals surface area contributed by atoms with Gasteiger partial charge in [0.15, 0.2) is 0 Å². The van der Waals surface area contributed by atoms with Gasteiger partial charge in [-0.05, 0) is 28.8 Å². The molecule has 11 heteroatoms. The van der Waals surface area contributed by atoms with E-state index in [1.54, 1.807) is 12.1 Å². The van der Waals surface area contributed by atoms with E-state index >= 15 is 0 Å². The standard InChI is InChI=1S/C22H22N6O4S/c1-2-14-3-5-15(6-4-14)11-19-26-21(23-9-10-33(30,31)32)28-22(27-19)24-17-8-7-16-12-20(29)25-18(16)13-17/h2-8,13H,1,9-12H2,(H,25,29)(H,30,31,32)(H2,23,24,26,27,28). The fraction of sp³-hybridized carbons (Fsp3) is 0.182. The van der Waals surface area contributed by atoms with Crippen LogP contribution in [0.25, 0.3) is 6.08 Å². The Balaban J connectivity index is 1.58. The number of nitrogens with one attached hydrogen (secondary N) is 3. The number of anilines is 4. The summed E-state index contributed by atoms with van der Waals surface area (Å²) >= 11 is 0. The normalized spacial score (nSPS) is 12.7. The molecule has 1 aliphatic heterocycles. The molecule has 0 radical (unpaired) electrons. The fourth-order valence-corrected chi connectivity index (χ4v) is 3.66. The number of amides is 1. The molecule has 10 nitrogen and oxygen atoms in total. The lowest BCUT2D eigenvalue weighted by molar-refractivity contribution is -0.115. The van der Waals surface area contributed by atoms with Gasteiger partial charge >= 0.3 is 0 Å². The summed E-state index contributed by atoms with van der Waals surface area (Å²) in [7, 11) is -4.12. The number of aromatic nitrogens is 3. The average Bonchev–Trinajstić information content (AvgIpc) is 3.12. The lowest BCUT2D eigenvalue weighted by atomic mass is 10.1. The molecule has 0 fully saturated rings. The van der Waals surface area contributed by atoms with Gasteiger partial charge in [-0.1, -0.05) is 43.0 Å². The third-order valence-electron chi connectivity index (χ3n) is 4.89. The maximum atomic E-state index is 11.6. The molecule has 3 aromatic rings. The van der Waals surface area contributed by atoms with Crippen molar-refractivity contribution >= 4 is 45.4 Å². The number of hydrogen-bond donors (Lipinski definition) is 4. The second-order valence-electron chi connectivity index (χ2n) is 7.46. The van der Waals surface area contributed by atoms with Crippen molar-refractivity contribution < 1.29 is 17.8 Å². The molecule has 0 saturated heterocycles. The van der Waals surface area contributed by atoms with E-state index in [2.05, 4.69) is 37.5 Å². The zero-order valence-electron chi connectivity index (χ0n) is 17.6. The van der Waals surface area contributed by atoms with E-state index < -0.39 is 15.9 Å². The van der Waals surface area contributed by atoms with E-state index in [9.17, 15) is 13.2 Å². The summed E-state index contributed by atoms with van der Waals surface area (Å²) in [6.45, 7) is 3.68. The maximum absolute atomic E-state index is 11.6. The van der Waals surface area contributed by atoms with E-state index in [-0.39, 0.29) is 24.3 Å². The van der Waals surface area contributed by atoms with Crippen molar-refractivity contribution in [3.63, 3.8) is 0 Å². The Morgan fingerprint density at radius 2 is 1.85 bits per heavy atom. The lowest BCUT2D eigenvalue weighted by Gasteiger charge is -2.11. The van der Waals surface area contributed by atoms with E-state index in [1.807, 2.05) is 36.4 Å². The van der Waals surface area contributed by atoms with E-state index in [4.69, 9.17) is 4.55 Å². The molecule has 1 aliphatic rings. The van der Waals surface area contributed by atoms with Crippen molar-refractivity contribution in [3.8, 4) is 0 Å². The second kappa shape index (κ2) is 9.35. The third-order valence-corrected chi connectivity index (χ3v) is 5.61. The zero-order valence-corrected chi connectivity index (χ0v) is 18.4. The molecule has 33 heavy (non-hydrogen) atoms. The molecule has 0 bridgehead atoms. The van der Waals surface area contributed by atoms with Crippen LogP contribution in [0.15, 0.2) is 49.0 Å². The first-order valence-electron chi connectivity index (χ1n) is 10.1. The van der Waals surface area contributed by atoms with Gasteiger partial charge in [-0.25, -0.2) is 0 Å². The highest BCUT2D eigenvalue weighted by Crippen LogP contribution is 2.27. The van der Waals surface area contributed by atoms with Crippen LogP contribution in [-0.4, -0.2) is 46.1 Å². The number of benzene rings is 2. The second-order valence-corrected chi connectivity index (χ2v) is 9.03. The summed E-state index contributed by atoms with van der Waals surface area (Å²) in [5.74, 6) is 0.342. The first-order chi connectivity index (χ1) is 15.8. The summed E-state index contributed by atoms with van der Waals surface area (Å²) in [4.78, 5) is 24.8. The minimum absolute atomic E-state index is 0.0580. The van der Waals surface area contributed by atoms with Crippen LogP contribution in [0.4, 0.5) is 23.3 Å². The van der Waals surface area contributed by atoms with Gasteiger partial charge < -0.3 is 16.0 Å². The monoisotopic (exact) mass is 466 g/mol. The Labute approximate surface area is 191 Å². The molecule has 2 heterocycles. The highest BCUT2D eigenvalue weighted by atomic mass is 32.2. The van der Waals surface area contributed by atoms with E-state index in [0.717, 1.165) is 22.4 Å². The quantitative estimate of drug-likeness (QED) is 0.349. The predicted molar refractivity (Wildman–Crippen MR) is 126 cm³/mol. The lowest BCUT2D eigenvalue weighted by Crippen LogP contribution is -2.17. The summed E-state index contributed by atoms with van der Waals surface area (Å²) in [6, 6.07) is 13.2. The molecule has 0 spiro atoms. The van der Waals surface area contributed by atoms with Crippen molar-refractivity contribution in [3.05, 3.63) is 71.6 Å². The molecular weight excluding hydrogens is 444 g/mol. The number of carbonyl (C=O) groups is 1. The molecule has 4 N–H and O–H groups in total. The Hall–Kier alpha value is -3.83. The molecule has 0 saturated carbocycles. The molecule has 0 aliphatic carbocycles. The Morgan fingerprint density at radius 3 is 2.58 bits per heavy atom. The number of hydrogen-bond acceptors (Lipinski definition) is 8. The Morgan fingerprint density at radius 1 is 1.09 bits per heavy atom. The molecule has 1 aromatic heterocycles. The van der Waals surface area contributed by atoms with Crippen molar-refractivity contribution in [2.75, 3.05) is 28.2 Å². The van der Waals surface area contributed by atoms with Gasteiger partial charge in [0, 0.05) is 24.3 Å². The average molecular weight is 467 g/mol. The largest absolute Gasteiger partial charge is 0.353 e. The minimum atomic E-state index is -4.12. The van der Waals surface area contributed by atoms with E-state index in [1.165, 1.54) is 0 Å². The van der Waals surface area contributed by atoms with Crippen LogP contribution >= 0.6 is 0 Å². The van der Waals surface area contributed by atoms with Crippen molar-refractivity contribution in [1.29, 1.82) is 0 Å². The van der Waals surface area contributed by atoms with Crippen LogP contribution in [0, 0.1) is 0 Å². The molecule has 0 atom stereocenters. The van der Waals surface area contributed by atoms with Crippen LogP contribution in [0.2, 0.25) is 0 Å². The molecule has 0 unspecified atom stereocenters. The van der Waals surface area contributed by atoms with Crippen molar-refractivity contribution in [2.24, 2.45) is 0 Å². The van der Waals surface area contributed by atoms with Crippen LogP contribution in [0.1, 0.15) is 22.5 Å². The molecular formula is C22H22N6O4S. The van der Waals surface area contributed by atoms with Gasteiger partial charge in [-0.15, -0.1) is 0 Å². The number of rotatable bonds is 9. The van der Waals surface area contributed by atoms with Gasteiger partial charge in [0.25, 0.3) is 10.1 Å². The van der Waals surface area contributed by atoms with Gasteiger partial charge in [-0.3, -0.25) is 9.35 Å². The SMILES string of the molecule is C=Cc1ccc(Cc2nc(NCCS(=O)(=O)O)nc(Nc3ccc4c(c3)NC(=O)C4)n2)cc1. The van der Waals surface area contributed by atoms with Crippen molar-refractivity contribution in [1.82, 2.24) is 15.0 Å². The number of fused-ring (bicyclic) bond motifs is 1. The summed E-state index contributed by atoms with van der Waals surface area (Å²) in [5.41, 5.74) is 4.28. The fourth-order valence-electron chi connectivity index (χ4n) is 3.30. The minimum Gasteiger partial charge on any atom is -0.353 e. The van der Waals surface area contributed by atoms with Gasteiger partial charge in [0.05, 0.1) is 12.2 Å². The number of nitrogens with zero attached hydrogens (tertiary/aromatic N) is 3. The van der Waals surface area contributed by atoms with Crippen LogP contribution in [0.3, 0.4) is 0 Å². The van der Waals surface area contributed by atoms with Crippen LogP contribution in [0.5, 0.6) is 0 Å². The van der Waals surface area contributed by atoms with Gasteiger partial charge in [0.2, 0.25) is 17.8 Å². The van der Waals surface area contributed by atoms with Crippen LogP contribution in [-0.2, 0) is 27.8 Å². The molecule has 4 rings (SSSR count). The third kappa shape index (κ3) is 6.11. The topological polar surface area (TPSA) is 146 Å². The summed E-state index contributed by atoms with van der Waals surface area (Å²) < 4.78 is 31.0. The smallest absolute Gasteiger partial charge is 0.266 e. The molecule has 2 aromatic carbocycles. The zero-order chi connectivity index (χ0) is 23.4. The highest BCUT2D eigenvalue weighted by molar-refractivity contribution is 7.85. The van der Waals surface area contributed by atoms with Crippen molar-refractivity contribution in [2.45, 2.75) is 12.8 Å². The Kier molecular flexibility index (Phi) is 6.33. The Bertz CT molecular complexity index is 1310. The van der Waals surface area contributed by atoms with E-state index in [0.29, 0.717) is 24.4 Å². The molecule has 170 valence electrons. The summed E-state index contributed by atoms with van der Waals surface area (Å²) in [5, 5.41) is 8.71. The first kappa shape index (κ1) is 22.4. The number of carbonyl (C=O) groups excluding carboxylic acids is 1. The predicted octanol–water partition coefficient (Wildman–Crippen LogP) is 2.64. The highest BCUT2D eigenvalue weighted by Gasteiger charge is 2.18. The summed E-state index contributed by atoms with van der Waals surface area (Å²) in [6.07, 6.45) is 2.52. The van der Waals surface area contributed by atoms with Crippen LogP contribution < -0.4 is 16.0 Å².